The molecule has 0 radical (unpaired) electrons. The van der Waals surface area contributed by atoms with Crippen LogP contribution >= 0.6 is 11.3 Å². The monoisotopic (exact) mass is 328 g/mol. The van der Waals surface area contributed by atoms with Crippen molar-refractivity contribution in [3.63, 3.8) is 0 Å². The Morgan fingerprint density at radius 1 is 1.48 bits per heavy atom. The maximum Gasteiger partial charge on any atom is 0.245 e. The van der Waals surface area contributed by atoms with E-state index in [1.54, 1.807) is 29.3 Å². The first-order valence-electron chi connectivity index (χ1n) is 6.75. The molecule has 0 aliphatic heterocycles. The number of hydrogen-bond donors (Lipinski definition) is 1. The number of sulfonamides is 1. The molecule has 0 unspecified atom stereocenters. The van der Waals surface area contributed by atoms with E-state index in [1.165, 1.54) is 15.4 Å². The fourth-order valence-electron chi connectivity index (χ4n) is 1.88. The molecule has 0 atom stereocenters. The molecule has 2 aromatic rings. The fourth-order valence-corrected chi connectivity index (χ4v) is 3.70. The number of nitrogens with zero attached hydrogens (tertiary/aromatic N) is 3. The zero-order valence-corrected chi connectivity index (χ0v) is 13.6. The molecule has 0 aliphatic rings. The van der Waals surface area contributed by atoms with Crippen molar-refractivity contribution in [2.75, 3.05) is 20.1 Å². The van der Waals surface area contributed by atoms with Gasteiger partial charge in [-0.3, -0.25) is 4.68 Å². The van der Waals surface area contributed by atoms with Crippen molar-refractivity contribution in [1.29, 1.82) is 0 Å². The molecule has 0 bridgehead atoms. The lowest BCUT2D eigenvalue weighted by atomic mass is 10.3. The van der Waals surface area contributed by atoms with Crippen molar-refractivity contribution in [3.05, 3.63) is 34.8 Å². The Balaban J connectivity index is 2.00. The Morgan fingerprint density at radius 3 is 2.95 bits per heavy atom. The second-order valence-corrected chi connectivity index (χ2v) is 7.81. The minimum Gasteiger partial charge on any atom is -0.330 e. The van der Waals surface area contributed by atoms with Crippen LogP contribution < -0.4 is 5.73 Å². The van der Waals surface area contributed by atoms with E-state index >= 15 is 0 Å². The lowest BCUT2D eigenvalue weighted by Crippen LogP contribution is -2.28. The van der Waals surface area contributed by atoms with Crippen LogP contribution in [0.1, 0.15) is 11.3 Å². The van der Waals surface area contributed by atoms with Crippen LogP contribution in [0.25, 0.3) is 0 Å². The van der Waals surface area contributed by atoms with E-state index in [-0.39, 0.29) is 4.90 Å². The lowest BCUT2D eigenvalue weighted by Gasteiger charge is -2.15. The fraction of sp³-hybridized carbons (Fsp3) is 0.462. The van der Waals surface area contributed by atoms with Crippen LogP contribution in [0.2, 0.25) is 0 Å². The quantitative estimate of drug-likeness (QED) is 0.788. The first-order valence-corrected chi connectivity index (χ1v) is 9.07. The summed E-state index contributed by atoms with van der Waals surface area (Å²) in [5.41, 5.74) is 5.44. The maximum absolute atomic E-state index is 12.4. The molecule has 0 fully saturated rings. The highest BCUT2D eigenvalue weighted by Crippen LogP contribution is 2.15. The van der Waals surface area contributed by atoms with Crippen molar-refractivity contribution < 1.29 is 8.42 Å². The third-order valence-electron chi connectivity index (χ3n) is 3.16. The summed E-state index contributed by atoms with van der Waals surface area (Å²) in [5, 5.41) is 6.06. The lowest BCUT2D eigenvalue weighted by molar-refractivity contribution is 0.473. The first-order chi connectivity index (χ1) is 10.0. The van der Waals surface area contributed by atoms with E-state index in [0.29, 0.717) is 26.1 Å². The van der Waals surface area contributed by atoms with E-state index in [9.17, 15) is 8.42 Å². The Morgan fingerprint density at radius 2 is 2.29 bits per heavy atom. The molecular weight excluding hydrogens is 308 g/mol. The van der Waals surface area contributed by atoms with Crippen molar-refractivity contribution >= 4 is 21.4 Å². The number of rotatable bonds is 8. The third-order valence-corrected chi connectivity index (χ3v) is 5.91. The summed E-state index contributed by atoms with van der Waals surface area (Å²) in [5.74, 6) is 0. The van der Waals surface area contributed by atoms with Crippen molar-refractivity contribution in [1.82, 2.24) is 14.1 Å². The van der Waals surface area contributed by atoms with Crippen LogP contribution in [0.3, 0.4) is 0 Å². The Kier molecular flexibility index (Phi) is 5.51. The third kappa shape index (κ3) is 4.13. The van der Waals surface area contributed by atoms with Gasteiger partial charge in [-0.15, -0.1) is 11.3 Å². The molecular formula is C13H20N4O2S2. The second-order valence-electron chi connectivity index (χ2n) is 4.74. The maximum atomic E-state index is 12.4. The van der Waals surface area contributed by atoms with Gasteiger partial charge in [0.1, 0.15) is 4.90 Å². The van der Waals surface area contributed by atoms with Gasteiger partial charge in [-0.05, 0) is 30.8 Å². The molecule has 2 N–H and O–H groups in total. The molecule has 0 saturated heterocycles. The molecule has 0 aliphatic carbocycles. The predicted molar refractivity (Wildman–Crippen MR) is 83.7 cm³/mol. The Bertz CT molecular complexity index is 650. The summed E-state index contributed by atoms with van der Waals surface area (Å²) in [7, 11) is -1.88. The summed E-state index contributed by atoms with van der Waals surface area (Å²) in [4.78, 5) is 1.41. The number of aromatic nitrogens is 2. The van der Waals surface area contributed by atoms with Crippen molar-refractivity contribution in [3.8, 4) is 0 Å². The van der Waals surface area contributed by atoms with Gasteiger partial charge in [0.15, 0.2) is 0 Å². The molecule has 2 heterocycles. The van der Waals surface area contributed by atoms with E-state index in [0.717, 1.165) is 6.42 Å². The second kappa shape index (κ2) is 7.17. The Labute approximate surface area is 129 Å². The highest BCUT2D eigenvalue weighted by atomic mass is 32.2. The van der Waals surface area contributed by atoms with E-state index in [2.05, 4.69) is 5.10 Å². The normalized spacial score (nSPS) is 12.1. The van der Waals surface area contributed by atoms with E-state index in [1.807, 2.05) is 17.5 Å². The summed E-state index contributed by atoms with van der Waals surface area (Å²) in [6.45, 7) is 1.64. The SMILES string of the molecule is CN(CCc1cccs1)S(=O)(=O)c1cnn(CCCN)c1. The Hall–Kier alpha value is -1.22. The summed E-state index contributed by atoms with van der Waals surface area (Å²) < 4.78 is 27.9. The zero-order chi connectivity index (χ0) is 15.3. The molecule has 6 nitrogen and oxygen atoms in total. The van der Waals surface area contributed by atoms with Crippen LogP contribution in [-0.2, 0) is 23.0 Å². The van der Waals surface area contributed by atoms with Gasteiger partial charge in [-0.2, -0.15) is 5.10 Å². The summed E-state index contributed by atoms with van der Waals surface area (Å²) in [6, 6.07) is 3.98. The molecule has 116 valence electrons. The van der Waals surface area contributed by atoms with Gasteiger partial charge in [0.25, 0.3) is 0 Å². The molecule has 8 heteroatoms. The molecule has 0 amide bonds. The highest BCUT2D eigenvalue weighted by molar-refractivity contribution is 7.89. The first kappa shape index (κ1) is 16.2. The van der Waals surface area contributed by atoms with Gasteiger partial charge in [-0.25, -0.2) is 12.7 Å². The van der Waals surface area contributed by atoms with E-state index < -0.39 is 10.0 Å². The predicted octanol–water partition coefficient (Wildman–Crippen LogP) is 1.16. The topological polar surface area (TPSA) is 81.2 Å². The average molecular weight is 328 g/mol. The van der Waals surface area contributed by atoms with E-state index in [4.69, 9.17) is 5.73 Å². The molecule has 2 aromatic heterocycles. The smallest absolute Gasteiger partial charge is 0.245 e. The minimum absolute atomic E-state index is 0.230. The number of aryl methyl sites for hydroxylation is 1. The van der Waals surface area contributed by atoms with Crippen LogP contribution in [0.4, 0.5) is 0 Å². The van der Waals surface area contributed by atoms with Gasteiger partial charge in [-0.1, -0.05) is 6.07 Å². The van der Waals surface area contributed by atoms with Gasteiger partial charge < -0.3 is 5.73 Å². The number of hydrogen-bond acceptors (Lipinski definition) is 5. The van der Waals surface area contributed by atoms with Gasteiger partial charge in [0.05, 0.1) is 6.20 Å². The van der Waals surface area contributed by atoms with Crippen LogP contribution in [0.5, 0.6) is 0 Å². The zero-order valence-electron chi connectivity index (χ0n) is 12.0. The largest absolute Gasteiger partial charge is 0.330 e. The van der Waals surface area contributed by atoms with Gasteiger partial charge in [0, 0.05) is 31.2 Å². The minimum atomic E-state index is -3.47. The van der Waals surface area contributed by atoms with Crippen molar-refractivity contribution in [2.24, 2.45) is 5.73 Å². The summed E-state index contributed by atoms with van der Waals surface area (Å²) >= 11 is 1.63. The number of thiophene rings is 1. The van der Waals surface area contributed by atoms with Gasteiger partial charge >= 0.3 is 0 Å². The molecule has 21 heavy (non-hydrogen) atoms. The highest BCUT2D eigenvalue weighted by Gasteiger charge is 2.22. The number of nitrogens with two attached hydrogens (primary N) is 1. The molecule has 0 aromatic carbocycles. The van der Waals surface area contributed by atoms with Crippen LogP contribution in [0, 0.1) is 0 Å². The van der Waals surface area contributed by atoms with Crippen LogP contribution in [-0.4, -0.2) is 42.6 Å². The number of likely N-dealkylation sites (N-methyl/N-ethyl adjacent to an activating group) is 1. The van der Waals surface area contributed by atoms with Crippen molar-refractivity contribution in [2.45, 2.75) is 24.3 Å². The van der Waals surface area contributed by atoms with Crippen LogP contribution in [0.15, 0.2) is 34.8 Å². The standard InChI is InChI=1S/C13H20N4O2S2/c1-16(8-5-12-4-2-9-20-12)21(18,19)13-10-15-17(11-13)7-3-6-14/h2,4,9-11H,3,5-8,14H2,1H3. The summed E-state index contributed by atoms with van der Waals surface area (Å²) in [6.07, 6.45) is 4.45. The molecule has 0 saturated carbocycles. The van der Waals surface area contributed by atoms with Gasteiger partial charge in [0.2, 0.25) is 10.0 Å². The molecule has 0 spiro atoms. The molecule has 2 rings (SSSR count). The average Bonchev–Trinajstić information content (AvgIpc) is 3.13.